The summed E-state index contributed by atoms with van der Waals surface area (Å²) in [7, 11) is 0. The van der Waals surface area contributed by atoms with E-state index in [1.807, 2.05) is 0 Å². The molecule has 0 saturated heterocycles. The number of hydrogen-bond acceptors (Lipinski definition) is 4. The van der Waals surface area contributed by atoms with Gasteiger partial charge < -0.3 is 0 Å². The Labute approximate surface area is 129 Å². The highest BCUT2D eigenvalue weighted by Gasteiger charge is 2.31. The quantitative estimate of drug-likeness (QED) is 0.864. The molecule has 0 spiro atoms. The minimum Gasteiger partial charge on any atom is -0.296 e. The third-order valence-corrected chi connectivity index (χ3v) is 2.78. The van der Waals surface area contributed by atoms with Crippen LogP contribution in [0.3, 0.4) is 0 Å². The largest absolute Gasteiger partial charge is 0.416 e. The highest BCUT2D eigenvalue weighted by atomic mass is 35.5. The smallest absolute Gasteiger partial charge is 0.296 e. The second-order valence-corrected chi connectivity index (χ2v) is 4.24. The van der Waals surface area contributed by atoms with Gasteiger partial charge in [0.2, 0.25) is 0 Å². The van der Waals surface area contributed by atoms with E-state index in [4.69, 9.17) is 5.26 Å². The van der Waals surface area contributed by atoms with Crippen LogP contribution in [0, 0.1) is 11.3 Å². The zero-order chi connectivity index (χ0) is 15.5. The molecule has 0 fully saturated rings. The van der Waals surface area contributed by atoms with Crippen LogP contribution < -0.4 is 0 Å². The highest BCUT2D eigenvalue weighted by molar-refractivity contribution is 5.88. The fourth-order valence-corrected chi connectivity index (χ4v) is 1.79. The summed E-state index contributed by atoms with van der Waals surface area (Å²) in [5.74, 6) is -1.83. The fraction of sp³-hybridized carbons (Fsp3) is 0.231. The fourth-order valence-electron chi connectivity index (χ4n) is 1.79. The number of benzene rings is 1. The standard InChI is InChI=1S/C13H9F3N4O.ClH/c14-13(15,16)10-3-1-2-9(4-10)11(5-17)12(21)6-20-8-18-7-19-20;/h1-4,7-8,11H,6H2;1H. The number of carbonyl (C=O) groups is 1. The van der Waals surface area contributed by atoms with E-state index < -0.39 is 23.4 Å². The summed E-state index contributed by atoms with van der Waals surface area (Å²) < 4.78 is 39.2. The van der Waals surface area contributed by atoms with Gasteiger partial charge in [-0.05, 0) is 11.6 Å². The number of halogens is 4. The third-order valence-electron chi connectivity index (χ3n) is 2.78. The number of alkyl halides is 3. The molecule has 1 atom stereocenters. The maximum absolute atomic E-state index is 12.7. The molecule has 0 aliphatic rings. The average molecular weight is 331 g/mol. The molecule has 0 aliphatic carbocycles. The predicted molar refractivity (Wildman–Crippen MR) is 72.1 cm³/mol. The Kier molecular flexibility index (Phi) is 5.65. The Morgan fingerprint density at radius 1 is 1.41 bits per heavy atom. The average Bonchev–Trinajstić information content (AvgIpc) is 2.92. The summed E-state index contributed by atoms with van der Waals surface area (Å²) in [6.07, 6.45) is -2.01. The summed E-state index contributed by atoms with van der Waals surface area (Å²) in [6, 6.07) is 5.93. The van der Waals surface area contributed by atoms with Gasteiger partial charge in [0.1, 0.15) is 25.1 Å². The van der Waals surface area contributed by atoms with Crippen LogP contribution in [0.4, 0.5) is 13.2 Å². The van der Waals surface area contributed by atoms with Crippen molar-refractivity contribution in [3.63, 3.8) is 0 Å². The second-order valence-electron chi connectivity index (χ2n) is 4.24. The molecule has 0 aliphatic heterocycles. The van der Waals surface area contributed by atoms with Crippen LogP contribution >= 0.6 is 12.4 Å². The Morgan fingerprint density at radius 2 is 2.14 bits per heavy atom. The molecule has 0 amide bonds. The van der Waals surface area contributed by atoms with Crippen molar-refractivity contribution in [1.29, 1.82) is 5.26 Å². The molecule has 0 radical (unpaired) electrons. The van der Waals surface area contributed by atoms with Gasteiger partial charge in [-0.25, -0.2) is 9.67 Å². The summed E-state index contributed by atoms with van der Waals surface area (Å²) >= 11 is 0. The first kappa shape index (κ1) is 17.7. The summed E-state index contributed by atoms with van der Waals surface area (Å²) in [4.78, 5) is 15.7. The first-order valence-corrected chi connectivity index (χ1v) is 5.83. The van der Waals surface area contributed by atoms with Gasteiger partial charge in [0, 0.05) is 0 Å². The lowest BCUT2D eigenvalue weighted by molar-refractivity contribution is -0.137. The van der Waals surface area contributed by atoms with Gasteiger partial charge in [0.05, 0.1) is 11.6 Å². The van der Waals surface area contributed by atoms with Crippen molar-refractivity contribution in [3.05, 3.63) is 48.0 Å². The van der Waals surface area contributed by atoms with Gasteiger partial charge in [-0.1, -0.05) is 18.2 Å². The van der Waals surface area contributed by atoms with Crippen molar-refractivity contribution in [2.75, 3.05) is 0 Å². The molecular formula is C13H10ClF3N4O. The molecule has 5 nitrogen and oxygen atoms in total. The van der Waals surface area contributed by atoms with Gasteiger partial charge in [-0.15, -0.1) is 12.4 Å². The van der Waals surface area contributed by atoms with Crippen LogP contribution in [0.25, 0.3) is 0 Å². The van der Waals surface area contributed by atoms with Crippen LogP contribution in [0.2, 0.25) is 0 Å². The second kappa shape index (κ2) is 7.04. The summed E-state index contributed by atoms with van der Waals surface area (Å²) in [5, 5.41) is 12.8. The lowest BCUT2D eigenvalue weighted by atomic mass is 9.94. The van der Waals surface area contributed by atoms with E-state index in [0.717, 1.165) is 12.1 Å². The first-order valence-electron chi connectivity index (χ1n) is 5.83. The maximum atomic E-state index is 12.7. The highest BCUT2D eigenvalue weighted by Crippen LogP contribution is 2.31. The molecule has 22 heavy (non-hydrogen) atoms. The molecule has 1 aromatic heterocycles. The molecule has 9 heteroatoms. The van der Waals surface area contributed by atoms with Crippen LogP contribution in [0.15, 0.2) is 36.9 Å². The molecule has 116 valence electrons. The van der Waals surface area contributed by atoms with Crippen molar-refractivity contribution < 1.29 is 18.0 Å². The predicted octanol–water partition coefficient (Wildman–Crippen LogP) is 2.60. The van der Waals surface area contributed by atoms with Gasteiger partial charge in [0.15, 0.2) is 5.78 Å². The zero-order valence-corrected chi connectivity index (χ0v) is 11.8. The van der Waals surface area contributed by atoms with Gasteiger partial charge in [-0.3, -0.25) is 4.79 Å². The molecule has 1 unspecified atom stereocenters. The molecule has 0 N–H and O–H groups in total. The van der Waals surface area contributed by atoms with Crippen molar-refractivity contribution in [2.24, 2.45) is 0 Å². The number of carbonyl (C=O) groups excluding carboxylic acids is 1. The van der Waals surface area contributed by atoms with Crippen LogP contribution in [0.5, 0.6) is 0 Å². The molecule has 2 rings (SSSR count). The molecule has 2 aromatic rings. The molecular weight excluding hydrogens is 321 g/mol. The van der Waals surface area contributed by atoms with Gasteiger partial charge in [-0.2, -0.15) is 23.5 Å². The van der Waals surface area contributed by atoms with E-state index in [1.165, 1.54) is 29.5 Å². The number of ketones is 1. The Balaban J connectivity index is 0.00000242. The minimum atomic E-state index is -4.52. The molecule has 0 bridgehead atoms. The van der Waals surface area contributed by atoms with E-state index in [0.29, 0.717) is 0 Å². The monoisotopic (exact) mass is 330 g/mol. The van der Waals surface area contributed by atoms with Crippen molar-refractivity contribution in [3.8, 4) is 6.07 Å². The Bertz CT molecular complexity index is 679. The first-order chi connectivity index (χ1) is 9.91. The number of nitriles is 1. The number of nitrogens with zero attached hydrogens (tertiary/aromatic N) is 4. The van der Waals surface area contributed by atoms with Crippen molar-refractivity contribution >= 4 is 18.2 Å². The van der Waals surface area contributed by atoms with Crippen LogP contribution in [-0.2, 0) is 17.5 Å². The summed E-state index contributed by atoms with van der Waals surface area (Å²) in [6.45, 7) is -0.228. The van der Waals surface area contributed by atoms with Crippen molar-refractivity contribution in [2.45, 2.75) is 18.6 Å². The van der Waals surface area contributed by atoms with Crippen LogP contribution in [-0.4, -0.2) is 20.5 Å². The Morgan fingerprint density at radius 3 is 2.68 bits per heavy atom. The van der Waals surface area contributed by atoms with E-state index in [9.17, 15) is 18.0 Å². The van der Waals surface area contributed by atoms with E-state index >= 15 is 0 Å². The molecule has 0 saturated carbocycles. The number of aromatic nitrogens is 3. The topological polar surface area (TPSA) is 71.6 Å². The molecule has 1 heterocycles. The third kappa shape index (κ3) is 4.05. The normalized spacial score (nSPS) is 12.1. The molecule has 1 aromatic carbocycles. The lowest BCUT2D eigenvalue weighted by Gasteiger charge is -2.12. The van der Waals surface area contributed by atoms with E-state index in [1.54, 1.807) is 6.07 Å². The van der Waals surface area contributed by atoms with Crippen LogP contribution in [0.1, 0.15) is 17.0 Å². The maximum Gasteiger partial charge on any atom is 0.416 e. The van der Waals surface area contributed by atoms with E-state index in [-0.39, 0.29) is 24.5 Å². The van der Waals surface area contributed by atoms with Gasteiger partial charge >= 0.3 is 6.18 Å². The minimum absolute atomic E-state index is 0. The zero-order valence-electron chi connectivity index (χ0n) is 11.0. The summed E-state index contributed by atoms with van der Waals surface area (Å²) in [5.41, 5.74) is -0.883. The Hall–Kier alpha value is -2.40. The van der Waals surface area contributed by atoms with E-state index in [2.05, 4.69) is 10.1 Å². The van der Waals surface area contributed by atoms with Gasteiger partial charge in [0.25, 0.3) is 0 Å². The number of hydrogen-bond donors (Lipinski definition) is 0. The SMILES string of the molecule is Cl.N#CC(C(=O)Cn1cncn1)c1cccc(C(F)(F)F)c1. The number of rotatable bonds is 4. The number of Topliss-reactive ketones (excluding diaryl/α,β-unsaturated/α-hetero) is 1. The van der Waals surface area contributed by atoms with Crippen molar-refractivity contribution in [1.82, 2.24) is 14.8 Å². The lowest BCUT2D eigenvalue weighted by Crippen LogP contribution is -2.18.